The third kappa shape index (κ3) is 3.90. The summed E-state index contributed by atoms with van der Waals surface area (Å²) in [7, 11) is 1.61. The first-order valence-corrected chi connectivity index (χ1v) is 8.33. The van der Waals surface area contributed by atoms with E-state index < -0.39 is 16.9 Å². The minimum absolute atomic E-state index is 0.0329. The van der Waals surface area contributed by atoms with Crippen molar-refractivity contribution >= 4 is 34.9 Å². The molecule has 1 aliphatic rings. The maximum atomic E-state index is 12.6. The molecule has 3 rings (SSSR count). The summed E-state index contributed by atoms with van der Waals surface area (Å²) in [5.74, 6) is -0.852. The Morgan fingerprint density at radius 3 is 2.68 bits per heavy atom. The lowest BCUT2D eigenvalue weighted by atomic mass is 10.1. The minimum atomic E-state index is -0.574. The normalized spacial score (nSPS) is 13.2. The van der Waals surface area contributed by atoms with Crippen molar-refractivity contribution < 1.29 is 19.3 Å². The van der Waals surface area contributed by atoms with E-state index in [1.54, 1.807) is 31.3 Å². The molecule has 10 nitrogen and oxygen atoms in total. The molecule has 10 heteroatoms. The maximum Gasteiger partial charge on any atom is 0.324 e. The third-order valence-corrected chi connectivity index (χ3v) is 4.19. The van der Waals surface area contributed by atoms with Crippen LogP contribution in [0.4, 0.5) is 21.9 Å². The first-order chi connectivity index (χ1) is 13.4. The second-order valence-electron chi connectivity index (χ2n) is 6.03. The fourth-order valence-corrected chi connectivity index (χ4v) is 2.80. The van der Waals surface area contributed by atoms with Gasteiger partial charge in [-0.05, 0) is 23.8 Å². The number of nitrogens with zero attached hydrogens (tertiary/aromatic N) is 2. The number of benzene rings is 2. The number of non-ortho nitro benzene ring substituents is 1. The topological polar surface area (TPSA) is 134 Å². The van der Waals surface area contributed by atoms with Crippen molar-refractivity contribution in [3.05, 3.63) is 63.7 Å². The van der Waals surface area contributed by atoms with Crippen LogP contribution in [-0.2, 0) is 11.3 Å². The van der Waals surface area contributed by atoms with Gasteiger partial charge in [0.25, 0.3) is 11.6 Å². The smallest absolute Gasteiger partial charge is 0.324 e. The standard InChI is InChI=1S/C18H17N5O5/c1-19-15-6-5-13(23(27)28)8-14(15)17(25)21-12-4-2-3-11(7-12)10-22-16(24)9-20-18(22)26/h2-8,19H,9-10H2,1H3,(H,20,26)(H,21,25). The summed E-state index contributed by atoms with van der Waals surface area (Å²) in [4.78, 5) is 47.5. The Morgan fingerprint density at radius 1 is 1.25 bits per heavy atom. The van der Waals surface area contributed by atoms with Crippen molar-refractivity contribution in [2.75, 3.05) is 24.2 Å². The first-order valence-electron chi connectivity index (χ1n) is 8.33. The van der Waals surface area contributed by atoms with Crippen LogP contribution in [-0.4, -0.2) is 41.3 Å². The van der Waals surface area contributed by atoms with Gasteiger partial charge in [0, 0.05) is 30.6 Å². The molecule has 3 N–H and O–H groups in total. The molecule has 0 aliphatic carbocycles. The average molecular weight is 383 g/mol. The van der Waals surface area contributed by atoms with Crippen molar-refractivity contribution in [1.82, 2.24) is 10.2 Å². The lowest BCUT2D eigenvalue weighted by Gasteiger charge is -2.14. The predicted octanol–water partition coefficient (Wildman–Crippen LogP) is 1.94. The van der Waals surface area contributed by atoms with E-state index in [-0.39, 0.29) is 30.2 Å². The van der Waals surface area contributed by atoms with E-state index in [0.717, 1.165) is 4.90 Å². The van der Waals surface area contributed by atoms with Crippen LogP contribution in [0.3, 0.4) is 0 Å². The summed E-state index contributed by atoms with van der Waals surface area (Å²) in [6.07, 6.45) is 0. The summed E-state index contributed by atoms with van der Waals surface area (Å²) in [5.41, 5.74) is 1.45. The number of amides is 4. The molecule has 0 radical (unpaired) electrons. The molecule has 144 valence electrons. The van der Waals surface area contributed by atoms with Crippen molar-refractivity contribution in [1.29, 1.82) is 0 Å². The Hall–Kier alpha value is -3.95. The average Bonchev–Trinajstić information content (AvgIpc) is 2.99. The zero-order valence-corrected chi connectivity index (χ0v) is 14.9. The van der Waals surface area contributed by atoms with Gasteiger partial charge in [0.1, 0.15) is 0 Å². The molecule has 0 saturated carbocycles. The largest absolute Gasteiger partial charge is 0.387 e. The van der Waals surface area contributed by atoms with Crippen LogP contribution < -0.4 is 16.0 Å². The van der Waals surface area contributed by atoms with Gasteiger partial charge < -0.3 is 16.0 Å². The van der Waals surface area contributed by atoms with Gasteiger partial charge in [-0.25, -0.2) is 4.79 Å². The Balaban J connectivity index is 1.80. The van der Waals surface area contributed by atoms with Gasteiger partial charge >= 0.3 is 6.03 Å². The van der Waals surface area contributed by atoms with Crippen LogP contribution in [0.15, 0.2) is 42.5 Å². The number of nitro benzene ring substituents is 1. The van der Waals surface area contributed by atoms with Crippen molar-refractivity contribution in [2.24, 2.45) is 0 Å². The Kier molecular flexibility index (Phi) is 5.21. The van der Waals surface area contributed by atoms with Crippen molar-refractivity contribution in [3.63, 3.8) is 0 Å². The van der Waals surface area contributed by atoms with Gasteiger partial charge in [0.2, 0.25) is 5.91 Å². The van der Waals surface area contributed by atoms with E-state index >= 15 is 0 Å². The highest BCUT2D eigenvalue weighted by Crippen LogP contribution is 2.23. The second-order valence-corrected chi connectivity index (χ2v) is 6.03. The molecule has 2 aromatic carbocycles. The zero-order chi connectivity index (χ0) is 20.3. The van der Waals surface area contributed by atoms with E-state index in [9.17, 15) is 24.5 Å². The predicted molar refractivity (Wildman–Crippen MR) is 101 cm³/mol. The van der Waals surface area contributed by atoms with Crippen LogP contribution in [0, 0.1) is 10.1 Å². The van der Waals surface area contributed by atoms with E-state index in [0.29, 0.717) is 16.9 Å². The number of rotatable bonds is 6. The van der Waals surface area contributed by atoms with Gasteiger partial charge in [0.05, 0.1) is 23.6 Å². The number of nitrogens with one attached hydrogen (secondary N) is 3. The van der Waals surface area contributed by atoms with Gasteiger partial charge in [-0.15, -0.1) is 0 Å². The number of hydrogen-bond acceptors (Lipinski definition) is 6. The molecule has 0 unspecified atom stereocenters. The number of carbonyl (C=O) groups excluding carboxylic acids is 3. The number of anilines is 2. The minimum Gasteiger partial charge on any atom is -0.387 e. The molecule has 1 heterocycles. The highest BCUT2D eigenvalue weighted by atomic mass is 16.6. The molecule has 0 aromatic heterocycles. The van der Waals surface area contributed by atoms with Crippen LogP contribution in [0.1, 0.15) is 15.9 Å². The third-order valence-electron chi connectivity index (χ3n) is 4.19. The van der Waals surface area contributed by atoms with E-state index in [1.165, 1.54) is 18.2 Å². The highest BCUT2D eigenvalue weighted by molar-refractivity contribution is 6.08. The molecule has 0 bridgehead atoms. The monoisotopic (exact) mass is 383 g/mol. The molecule has 1 fully saturated rings. The number of urea groups is 1. The molecule has 2 aromatic rings. The van der Waals surface area contributed by atoms with E-state index in [1.807, 2.05) is 0 Å². The molecule has 1 aliphatic heterocycles. The van der Waals surface area contributed by atoms with Gasteiger partial charge in [-0.2, -0.15) is 0 Å². The van der Waals surface area contributed by atoms with Crippen LogP contribution in [0.5, 0.6) is 0 Å². The zero-order valence-electron chi connectivity index (χ0n) is 14.9. The van der Waals surface area contributed by atoms with Crippen molar-refractivity contribution in [2.45, 2.75) is 6.54 Å². The van der Waals surface area contributed by atoms with E-state index in [4.69, 9.17) is 0 Å². The van der Waals surface area contributed by atoms with E-state index in [2.05, 4.69) is 16.0 Å². The molecule has 0 spiro atoms. The van der Waals surface area contributed by atoms with Gasteiger partial charge in [0.15, 0.2) is 0 Å². The van der Waals surface area contributed by atoms with Crippen LogP contribution in [0.2, 0.25) is 0 Å². The molecule has 0 atom stereocenters. The highest BCUT2D eigenvalue weighted by Gasteiger charge is 2.28. The second kappa shape index (κ2) is 7.74. The molecule has 1 saturated heterocycles. The Labute approximate surface area is 159 Å². The SMILES string of the molecule is CNc1ccc([N+](=O)[O-])cc1C(=O)Nc1cccc(CN2C(=O)CNC2=O)c1. The first kappa shape index (κ1) is 18.8. The molecule has 4 amide bonds. The van der Waals surface area contributed by atoms with Gasteiger partial charge in [-0.3, -0.25) is 24.6 Å². The molecular weight excluding hydrogens is 366 g/mol. The number of nitro groups is 1. The lowest BCUT2D eigenvalue weighted by Crippen LogP contribution is -2.30. The summed E-state index contributed by atoms with van der Waals surface area (Å²) < 4.78 is 0. The Bertz CT molecular complexity index is 959. The summed E-state index contributed by atoms with van der Waals surface area (Å²) in [6, 6.07) is 10.2. The maximum absolute atomic E-state index is 12.6. The van der Waals surface area contributed by atoms with Crippen molar-refractivity contribution in [3.8, 4) is 0 Å². The number of hydrogen-bond donors (Lipinski definition) is 3. The molecular formula is C18H17N5O5. The fraction of sp³-hybridized carbons (Fsp3) is 0.167. The summed E-state index contributed by atoms with van der Waals surface area (Å²) >= 11 is 0. The summed E-state index contributed by atoms with van der Waals surface area (Å²) in [6.45, 7) is 0.0434. The van der Waals surface area contributed by atoms with Crippen LogP contribution >= 0.6 is 0 Å². The molecule has 28 heavy (non-hydrogen) atoms. The quantitative estimate of drug-likeness (QED) is 0.396. The lowest BCUT2D eigenvalue weighted by molar-refractivity contribution is -0.384. The van der Waals surface area contributed by atoms with Gasteiger partial charge in [-0.1, -0.05) is 12.1 Å². The fourth-order valence-electron chi connectivity index (χ4n) is 2.80. The number of imide groups is 1. The number of carbonyl (C=O) groups is 3. The summed E-state index contributed by atoms with van der Waals surface area (Å²) in [5, 5.41) is 18.9. The Morgan fingerprint density at radius 2 is 2.04 bits per heavy atom. The van der Waals surface area contributed by atoms with Crippen LogP contribution in [0.25, 0.3) is 0 Å².